The molecule has 0 unspecified atom stereocenters. The molecule has 0 atom stereocenters. The van der Waals surface area contributed by atoms with E-state index in [-0.39, 0.29) is 5.82 Å². The average Bonchev–Trinajstić information content (AvgIpc) is 2.33. The van der Waals surface area contributed by atoms with E-state index in [1.165, 1.54) is 30.4 Å². The first-order chi connectivity index (χ1) is 8.25. The minimum absolute atomic E-state index is 0.218. The Hall–Kier alpha value is -0.250. The molecule has 0 radical (unpaired) electrons. The average molecular weight is 274 g/mol. The summed E-state index contributed by atoms with van der Waals surface area (Å²) < 4.78 is 13.5. The van der Waals surface area contributed by atoms with Gasteiger partial charge in [-0.05, 0) is 48.9 Å². The molecule has 2 rings (SSSR count). The van der Waals surface area contributed by atoms with Crippen LogP contribution in [0.4, 0.5) is 4.39 Å². The monoisotopic (exact) mass is 273 g/mol. The lowest BCUT2D eigenvalue weighted by atomic mass is 10.0. The van der Waals surface area contributed by atoms with E-state index >= 15 is 0 Å². The lowest BCUT2D eigenvalue weighted by Gasteiger charge is -2.21. The Morgan fingerprint density at radius 1 is 1.35 bits per heavy atom. The number of hydrogen-bond acceptors (Lipinski definition) is 2. The van der Waals surface area contributed by atoms with Gasteiger partial charge in [0.05, 0.1) is 0 Å². The Morgan fingerprint density at radius 3 is 2.82 bits per heavy atom. The molecule has 1 N–H and O–H groups in total. The third-order valence-electron chi connectivity index (χ3n) is 3.10. The first-order valence-corrected chi connectivity index (χ1v) is 7.51. The number of nitrogens with one attached hydrogen (secondary N) is 1. The fourth-order valence-electron chi connectivity index (χ4n) is 2.03. The molecule has 94 valence electrons. The maximum absolute atomic E-state index is 13.5. The number of benzene rings is 1. The summed E-state index contributed by atoms with van der Waals surface area (Å²) >= 11 is 7.74. The van der Waals surface area contributed by atoms with Crippen molar-refractivity contribution in [3.05, 3.63) is 34.6 Å². The van der Waals surface area contributed by atoms with E-state index in [4.69, 9.17) is 11.6 Å². The van der Waals surface area contributed by atoms with Gasteiger partial charge in [-0.15, -0.1) is 0 Å². The van der Waals surface area contributed by atoms with E-state index in [0.29, 0.717) is 17.1 Å². The van der Waals surface area contributed by atoms with Gasteiger partial charge in [-0.2, -0.15) is 11.8 Å². The van der Waals surface area contributed by atoms with Crippen LogP contribution in [0.2, 0.25) is 5.02 Å². The normalized spacial score (nSPS) is 17.3. The standard InChI is InChI=1S/C13H17ClFNS/c14-12-2-1-11(13(15)7-12)9-16-8-10-3-5-17-6-4-10/h1-2,7,10,16H,3-6,8-9H2. The topological polar surface area (TPSA) is 12.0 Å². The van der Waals surface area contributed by atoms with Gasteiger partial charge in [0.25, 0.3) is 0 Å². The third kappa shape index (κ3) is 4.16. The molecule has 1 fully saturated rings. The molecule has 0 bridgehead atoms. The Morgan fingerprint density at radius 2 is 2.12 bits per heavy atom. The highest BCUT2D eigenvalue weighted by Crippen LogP contribution is 2.22. The van der Waals surface area contributed by atoms with E-state index in [1.807, 2.05) is 11.8 Å². The Bertz CT molecular complexity index is 366. The van der Waals surface area contributed by atoms with Gasteiger partial charge >= 0.3 is 0 Å². The molecule has 0 saturated carbocycles. The molecule has 1 aromatic rings. The number of thioether (sulfide) groups is 1. The first kappa shape index (κ1) is 13.2. The Kier molecular flexibility index (Phi) is 5.14. The molecule has 1 nitrogen and oxygen atoms in total. The van der Waals surface area contributed by atoms with Crippen LogP contribution < -0.4 is 5.32 Å². The van der Waals surface area contributed by atoms with Crippen LogP contribution in [0.5, 0.6) is 0 Å². The van der Waals surface area contributed by atoms with Crippen molar-refractivity contribution in [2.24, 2.45) is 5.92 Å². The molecule has 0 spiro atoms. The summed E-state index contributed by atoms with van der Waals surface area (Å²) in [5.41, 5.74) is 0.694. The summed E-state index contributed by atoms with van der Waals surface area (Å²) in [6.07, 6.45) is 2.56. The van der Waals surface area contributed by atoms with E-state index < -0.39 is 0 Å². The zero-order valence-electron chi connectivity index (χ0n) is 9.72. The zero-order chi connectivity index (χ0) is 12.1. The smallest absolute Gasteiger partial charge is 0.129 e. The van der Waals surface area contributed by atoms with E-state index in [0.717, 1.165) is 12.5 Å². The van der Waals surface area contributed by atoms with Crippen molar-refractivity contribution >= 4 is 23.4 Å². The quantitative estimate of drug-likeness (QED) is 0.898. The van der Waals surface area contributed by atoms with Gasteiger partial charge in [-0.3, -0.25) is 0 Å². The molecule has 1 aliphatic rings. The van der Waals surface area contributed by atoms with Gasteiger partial charge in [-0.1, -0.05) is 17.7 Å². The Balaban J connectivity index is 1.77. The number of halogens is 2. The van der Waals surface area contributed by atoms with Gasteiger partial charge in [0.2, 0.25) is 0 Å². The molecule has 1 aromatic carbocycles. The maximum atomic E-state index is 13.5. The van der Waals surface area contributed by atoms with Gasteiger partial charge in [-0.25, -0.2) is 4.39 Å². The summed E-state index contributed by atoms with van der Waals surface area (Å²) in [5, 5.41) is 3.79. The van der Waals surface area contributed by atoms with Crippen LogP contribution in [0.15, 0.2) is 18.2 Å². The van der Waals surface area contributed by atoms with Crippen molar-refractivity contribution in [2.75, 3.05) is 18.1 Å². The molecular formula is C13H17ClFNS. The largest absolute Gasteiger partial charge is 0.312 e. The highest BCUT2D eigenvalue weighted by Gasteiger charge is 2.13. The number of hydrogen-bond donors (Lipinski definition) is 1. The molecule has 0 amide bonds. The van der Waals surface area contributed by atoms with Crippen molar-refractivity contribution in [1.29, 1.82) is 0 Å². The molecule has 1 aliphatic heterocycles. The van der Waals surface area contributed by atoms with Crippen LogP contribution >= 0.6 is 23.4 Å². The third-order valence-corrected chi connectivity index (χ3v) is 4.39. The molecular weight excluding hydrogens is 257 g/mol. The van der Waals surface area contributed by atoms with E-state index in [1.54, 1.807) is 12.1 Å². The minimum Gasteiger partial charge on any atom is -0.312 e. The van der Waals surface area contributed by atoms with Crippen LogP contribution in [-0.2, 0) is 6.54 Å². The van der Waals surface area contributed by atoms with Crippen LogP contribution in [0.1, 0.15) is 18.4 Å². The van der Waals surface area contributed by atoms with E-state index in [2.05, 4.69) is 5.32 Å². The van der Waals surface area contributed by atoms with Crippen molar-refractivity contribution < 1.29 is 4.39 Å². The van der Waals surface area contributed by atoms with Gasteiger partial charge in [0.15, 0.2) is 0 Å². The molecule has 0 aliphatic carbocycles. The second kappa shape index (κ2) is 6.62. The van der Waals surface area contributed by atoms with Crippen molar-refractivity contribution in [3.63, 3.8) is 0 Å². The van der Waals surface area contributed by atoms with Crippen LogP contribution in [0, 0.1) is 11.7 Å². The maximum Gasteiger partial charge on any atom is 0.129 e. The number of rotatable bonds is 4. The van der Waals surface area contributed by atoms with Crippen molar-refractivity contribution in [1.82, 2.24) is 5.32 Å². The molecule has 17 heavy (non-hydrogen) atoms. The summed E-state index contributed by atoms with van der Waals surface area (Å²) in [6.45, 7) is 1.58. The van der Waals surface area contributed by atoms with E-state index in [9.17, 15) is 4.39 Å². The minimum atomic E-state index is -0.218. The highest BCUT2D eigenvalue weighted by atomic mass is 35.5. The van der Waals surface area contributed by atoms with Gasteiger partial charge < -0.3 is 5.32 Å². The predicted molar refractivity (Wildman–Crippen MR) is 73.2 cm³/mol. The van der Waals surface area contributed by atoms with Crippen LogP contribution in [-0.4, -0.2) is 18.1 Å². The van der Waals surface area contributed by atoms with Crippen LogP contribution in [0.25, 0.3) is 0 Å². The van der Waals surface area contributed by atoms with Crippen molar-refractivity contribution in [3.8, 4) is 0 Å². The summed E-state index contributed by atoms with van der Waals surface area (Å²) in [4.78, 5) is 0. The second-order valence-corrected chi connectivity index (χ2v) is 6.08. The summed E-state index contributed by atoms with van der Waals surface area (Å²) in [5.74, 6) is 3.07. The predicted octanol–water partition coefficient (Wildman–Crippen LogP) is 3.71. The zero-order valence-corrected chi connectivity index (χ0v) is 11.3. The lowest BCUT2D eigenvalue weighted by Crippen LogP contribution is -2.25. The first-order valence-electron chi connectivity index (χ1n) is 5.98. The molecule has 0 aromatic heterocycles. The molecule has 4 heteroatoms. The summed E-state index contributed by atoms with van der Waals surface area (Å²) in [7, 11) is 0. The van der Waals surface area contributed by atoms with Gasteiger partial charge in [0.1, 0.15) is 5.82 Å². The SMILES string of the molecule is Fc1cc(Cl)ccc1CNCC1CCSCC1. The molecule has 1 heterocycles. The fourth-order valence-corrected chi connectivity index (χ4v) is 3.39. The highest BCUT2D eigenvalue weighted by molar-refractivity contribution is 7.99. The van der Waals surface area contributed by atoms with Gasteiger partial charge in [0, 0.05) is 17.1 Å². The Labute approximate surface area is 111 Å². The van der Waals surface area contributed by atoms with Crippen molar-refractivity contribution in [2.45, 2.75) is 19.4 Å². The molecule has 1 saturated heterocycles. The van der Waals surface area contributed by atoms with Crippen LogP contribution in [0.3, 0.4) is 0 Å². The fraction of sp³-hybridized carbons (Fsp3) is 0.538. The lowest BCUT2D eigenvalue weighted by molar-refractivity contribution is 0.444. The second-order valence-electron chi connectivity index (χ2n) is 4.42. The summed E-state index contributed by atoms with van der Waals surface area (Å²) in [6, 6.07) is 4.86.